The van der Waals surface area contributed by atoms with Crippen LogP contribution >= 0.6 is 23.4 Å². The summed E-state index contributed by atoms with van der Waals surface area (Å²) in [6.45, 7) is 6.51. The molecule has 1 aliphatic heterocycles. The number of hydrogen-bond acceptors (Lipinski definition) is 3. The lowest BCUT2D eigenvalue weighted by molar-refractivity contribution is -0.119. The van der Waals surface area contributed by atoms with E-state index in [9.17, 15) is 9.18 Å². The van der Waals surface area contributed by atoms with E-state index in [0.29, 0.717) is 16.3 Å². The number of thioether (sulfide) groups is 1. The minimum absolute atomic E-state index is 0.0502. The van der Waals surface area contributed by atoms with Crippen molar-refractivity contribution in [2.75, 3.05) is 23.7 Å². The Hall–Kier alpha value is -1.72. The summed E-state index contributed by atoms with van der Waals surface area (Å²) in [5.41, 5.74) is 2.89. The van der Waals surface area contributed by atoms with E-state index in [1.807, 2.05) is 6.92 Å². The lowest BCUT2D eigenvalue weighted by Gasteiger charge is -2.33. The van der Waals surface area contributed by atoms with Crippen molar-refractivity contribution < 1.29 is 9.18 Å². The fourth-order valence-electron chi connectivity index (χ4n) is 3.66. The summed E-state index contributed by atoms with van der Waals surface area (Å²) in [6.07, 6.45) is 2.55. The quantitative estimate of drug-likeness (QED) is 0.595. The molecule has 29 heavy (non-hydrogen) atoms. The summed E-state index contributed by atoms with van der Waals surface area (Å²) in [4.78, 5) is 14.7. The third-order valence-corrected chi connectivity index (χ3v) is 6.52. The Kier molecular flexibility index (Phi) is 7.84. The number of rotatable bonds is 7. The van der Waals surface area contributed by atoms with Crippen LogP contribution in [0, 0.1) is 11.7 Å². The van der Waals surface area contributed by atoms with Crippen molar-refractivity contribution in [2.24, 2.45) is 5.92 Å². The van der Waals surface area contributed by atoms with Gasteiger partial charge in [-0.05, 0) is 61.1 Å². The number of anilines is 1. The van der Waals surface area contributed by atoms with Crippen molar-refractivity contribution in [3.8, 4) is 0 Å². The van der Waals surface area contributed by atoms with Gasteiger partial charge in [-0.25, -0.2) is 4.39 Å². The molecular weight excluding hydrogens is 407 g/mol. The minimum Gasteiger partial charge on any atom is -0.371 e. The summed E-state index contributed by atoms with van der Waals surface area (Å²) >= 11 is 7.15. The van der Waals surface area contributed by atoms with Crippen LogP contribution in [-0.4, -0.2) is 24.7 Å². The van der Waals surface area contributed by atoms with Gasteiger partial charge in [0.2, 0.25) is 5.91 Å². The number of hydrogen-bond donors (Lipinski definition) is 1. The van der Waals surface area contributed by atoms with E-state index < -0.39 is 0 Å². The van der Waals surface area contributed by atoms with Crippen LogP contribution in [0.3, 0.4) is 0 Å². The number of carbonyl (C=O) groups excluding carboxylic acids is 1. The maximum atomic E-state index is 13.8. The second-order valence-corrected chi connectivity index (χ2v) is 9.22. The number of carbonyl (C=O) groups is 1. The minimum atomic E-state index is -0.332. The van der Waals surface area contributed by atoms with Crippen molar-refractivity contribution in [3.63, 3.8) is 0 Å². The number of nitrogens with zero attached hydrogens (tertiary/aromatic N) is 1. The second-order valence-electron chi connectivity index (χ2n) is 7.80. The Morgan fingerprint density at radius 1 is 1.31 bits per heavy atom. The van der Waals surface area contributed by atoms with Gasteiger partial charge in [0.25, 0.3) is 0 Å². The van der Waals surface area contributed by atoms with E-state index in [4.69, 9.17) is 11.6 Å². The van der Waals surface area contributed by atoms with Crippen molar-refractivity contribution in [2.45, 2.75) is 38.5 Å². The highest BCUT2D eigenvalue weighted by atomic mass is 35.5. The topological polar surface area (TPSA) is 32.3 Å². The Labute approximate surface area is 182 Å². The molecule has 2 aromatic carbocycles. The first kappa shape index (κ1) is 22.0. The molecule has 1 saturated heterocycles. The molecule has 0 aliphatic carbocycles. The predicted molar refractivity (Wildman–Crippen MR) is 121 cm³/mol. The van der Waals surface area contributed by atoms with Crippen LogP contribution < -0.4 is 10.2 Å². The highest BCUT2D eigenvalue weighted by Gasteiger charge is 2.17. The Balaban J connectivity index is 1.46. The molecule has 3 nitrogen and oxygen atoms in total. The summed E-state index contributed by atoms with van der Waals surface area (Å²) in [5.74, 6) is 1.08. The number of benzene rings is 2. The molecule has 2 atom stereocenters. The summed E-state index contributed by atoms with van der Waals surface area (Å²) in [7, 11) is 0. The maximum Gasteiger partial charge on any atom is 0.230 e. The van der Waals surface area contributed by atoms with Crippen LogP contribution in [0.2, 0.25) is 5.02 Å². The molecule has 1 fully saturated rings. The molecule has 0 unspecified atom stereocenters. The van der Waals surface area contributed by atoms with Gasteiger partial charge in [0.15, 0.2) is 0 Å². The van der Waals surface area contributed by atoms with Gasteiger partial charge >= 0.3 is 0 Å². The van der Waals surface area contributed by atoms with Gasteiger partial charge in [-0.2, -0.15) is 0 Å². The average molecular weight is 435 g/mol. The molecule has 1 heterocycles. The van der Waals surface area contributed by atoms with Crippen molar-refractivity contribution >= 4 is 35.0 Å². The first-order chi connectivity index (χ1) is 13.9. The maximum absolute atomic E-state index is 13.8. The van der Waals surface area contributed by atoms with Gasteiger partial charge < -0.3 is 10.2 Å². The fraction of sp³-hybridized carbons (Fsp3) is 0.435. The van der Waals surface area contributed by atoms with Gasteiger partial charge in [0.05, 0.1) is 11.8 Å². The first-order valence-corrected chi connectivity index (χ1v) is 11.6. The lowest BCUT2D eigenvalue weighted by Crippen LogP contribution is -2.34. The molecule has 1 aliphatic rings. The molecule has 2 aromatic rings. The second kappa shape index (κ2) is 10.4. The summed E-state index contributed by atoms with van der Waals surface area (Å²) in [6, 6.07) is 13.0. The molecule has 0 radical (unpaired) electrons. The monoisotopic (exact) mass is 434 g/mol. The number of halogens is 2. The zero-order valence-electron chi connectivity index (χ0n) is 17.0. The summed E-state index contributed by atoms with van der Waals surface area (Å²) < 4.78 is 13.8. The standard InChI is InChI=1S/C23H28ClFN2OS/c1-16-4-3-11-27(13-16)21-9-6-18(7-10-21)17(2)26-23(28)15-29-14-19-5-8-20(24)12-22(19)25/h5-10,12,16-17H,3-4,11,13-15H2,1-2H3,(H,26,28)/t16-,17-/m0/s1. The van der Waals surface area contributed by atoms with Crippen molar-refractivity contribution in [1.82, 2.24) is 5.32 Å². The first-order valence-electron chi connectivity index (χ1n) is 10.1. The Morgan fingerprint density at radius 2 is 2.07 bits per heavy atom. The van der Waals surface area contributed by atoms with Crippen LogP contribution in [-0.2, 0) is 10.5 Å². The number of amides is 1. The third kappa shape index (κ3) is 6.38. The average Bonchev–Trinajstić information content (AvgIpc) is 2.70. The molecule has 3 rings (SSSR count). The third-order valence-electron chi connectivity index (χ3n) is 5.30. The molecule has 0 aromatic heterocycles. The summed E-state index contributed by atoms with van der Waals surface area (Å²) in [5, 5.41) is 3.40. The molecule has 1 amide bonds. The van der Waals surface area contributed by atoms with Gasteiger partial charge in [-0.1, -0.05) is 36.7 Å². The van der Waals surface area contributed by atoms with Crippen LogP contribution in [0.5, 0.6) is 0 Å². The van der Waals surface area contributed by atoms with Gasteiger partial charge in [0, 0.05) is 29.6 Å². The normalized spacial score (nSPS) is 17.8. The SMILES string of the molecule is C[C@H]1CCCN(c2ccc([C@H](C)NC(=O)CSCc3ccc(Cl)cc3F)cc2)C1. The van der Waals surface area contributed by atoms with Gasteiger partial charge in [-0.15, -0.1) is 11.8 Å². The molecule has 6 heteroatoms. The van der Waals surface area contributed by atoms with Crippen molar-refractivity contribution in [1.29, 1.82) is 0 Å². The number of nitrogens with one attached hydrogen (secondary N) is 1. The Morgan fingerprint density at radius 3 is 2.76 bits per heavy atom. The van der Waals surface area contributed by atoms with Gasteiger partial charge in [0.1, 0.15) is 5.82 Å². The number of piperidine rings is 1. The molecule has 0 bridgehead atoms. The molecule has 156 valence electrons. The molecule has 1 N–H and O–H groups in total. The molecular formula is C23H28ClFN2OS. The highest BCUT2D eigenvalue weighted by Crippen LogP contribution is 2.25. The lowest BCUT2D eigenvalue weighted by atomic mass is 9.99. The Bertz CT molecular complexity index is 830. The zero-order chi connectivity index (χ0) is 20.8. The van der Waals surface area contributed by atoms with E-state index in [1.54, 1.807) is 12.1 Å². The fourth-order valence-corrected chi connectivity index (χ4v) is 4.64. The van der Waals surface area contributed by atoms with Crippen molar-refractivity contribution in [3.05, 3.63) is 64.4 Å². The largest absolute Gasteiger partial charge is 0.371 e. The predicted octanol–water partition coefficient (Wildman–Crippen LogP) is 5.83. The molecule has 0 spiro atoms. The van der Waals surface area contributed by atoms with E-state index >= 15 is 0 Å². The zero-order valence-corrected chi connectivity index (χ0v) is 18.5. The van der Waals surface area contributed by atoms with Crippen LogP contribution in [0.25, 0.3) is 0 Å². The van der Waals surface area contributed by atoms with Crippen LogP contribution in [0.15, 0.2) is 42.5 Å². The van der Waals surface area contributed by atoms with Gasteiger partial charge in [-0.3, -0.25) is 4.79 Å². The van der Waals surface area contributed by atoms with E-state index in [2.05, 4.69) is 41.4 Å². The van der Waals surface area contributed by atoms with E-state index in [-0.39, 0.29) is 23.5 Å². The molecule has 0 saturated carbocycles. The smallest absolute Gasteiger partial charge is 0.230 e. The van der Waals surface area contributed by atoms with E-state index in [0.717, 1.165) is 24.6 Å². The van der Waals surface area contributed by atoms with Crippen LogP contribution in [0.4, 0.5) is 10.1 Å². The van der Waals surface area contributed by atoms with E-state index in [1.165, 1.54) is 36.4 Å². The van der Waals surface area contributed by atoms with Crippen LogP contribution in [0.1, 0.15) is 43.9 Å². The highest BCUT2D eigenvalue weighted by molar-refractivity contribution is 7.99.